The number of carbonyl (C=O) groups excluding carboxylic acids is 2. The van der Waals surface area contributed by atoms with Gasteiger partial charge in [0.15, 0.2) is 0 Å². The average molecular weight is 524 g/mol. The van der Waals surface area contributed by atoms with Crippen LogP contribution in [0.3, 0.4) is 0 Å². The third-order valence-electron chi connectivity index (χ3n) is 5.36. The van der Waals surface area contributed by atoms with Crippen LogP contribution in [0.25, 0.3) is 0 Å². The average Bonchev–Trinajstić information content (AvgIpc) is 2.80. The summed E-state index contributed by atoms with van der Waals surface area (Å²) in [4.78, 5) is 28.1. The van der Waals surface area contributed by atoms with E-state index in [9.17, 15) is 18.0 Å². The Morgan fingerprint density at radius 1 is 1.11 bits per heavy atom. The van der Waals surface area contributed by atoms with E-state index in [1.807, 2.05) is 32.9 Å². The lowest BCUT2D eigenvalue weighted by Crippen LogP contribution is -2.52. The van der Waals surface area contributed by atoms with Crippen LogP contribution in [0.2, 0.25) is 5.02 Å². The van der Waals surface area contributed by atoms with Crippen molar-refractivity contribution in [2.75, 3.05) is 30.8 Å². The van der Waals surface area contributed by atoms with Crippen molar-refractivity contribution >= 4 is 39.1 Å². The highest BCUT2D eigenvalue weighted by Crippen LogP contribution is 2.23. The van der Waals surface area contributed by atoms with E-state index in [2.05, 4.69) is 5.32 Å². The molecule has 2 rings (SSSR count). The van der Waals surface area contributed by atoms with Gasteiger partial charge in [0, 0.05) is 18.1 Å². The monoisotopic (exact) mass is 523 g/mol. The highest BCUT2D eigenvalue weighted by Gasteiger charge is 2.31. The first kappa shape index (κ1) is 28.5. The molecule has 192 valence electrons. The Bertz CT molecular complexity index is 1110. The molecule has 2 amide bonds. The van der Waals surface area contributed by atoms with E-state index in [0.29, 0.717) is 23.7 Å². The van der Waals surface area contributed by atoms with Crippen molar-refractivity contribution in [3.8, 4) is 5.75 Å². The fraction of sp³-hybridized carbons (Fsp3) is 0.440. The summed E-state index contributed by atoms with van der Waals surface area (Å²) in [5.74, 6) is 0.123. The zero-order chi connectivity index (χ0) is 26.2. The predicted molar refractivity (Wildman–Crippen MR) is 139 cm³/mol. The number of sulfonamides is 1. The third kappa shape index (κ3) is 8.43. The van der Waals surface area contributed by atoms with Crippen molar-refractivity contribution in [1.82, 2.24) is 10.2 Å². The van der Waals surface area contributed by atoms with Crippen LogP contribution < -0.4 is 14.4 Å². The molecule has 0 aliphatic heterocycles. The van der Waals surface area contributed by atoms with Gasteiger partial charge in [0.2, 0.25) is 21.8 Å². The summed E-state index contributed by atoms with van der Waals surface area (Å²) >= 11 is 6.06. The van der Waals surface area contributed by atoms with Crippen LogP contribution in [0.1, 0.15) is 32.8 Å². The molecule has 0 unspecified atom stereocenters. The van der Waals surface area contributed by atoms with Crippen LogP contribution in [0, 0.1) is 5.92 Å². The maximum absolute atomic E-state index is 13.6. The Balaban J connectivity index is 2.41. The minimum Gasteiger partial charge on any atom is -0.497 e. The molecule has 0 radical (unpaired) electrons. The van der Waals surface area contributed by atoms with Crippen molar-refractivity contribution < 1.29 is 22.7 Å². The van der Waals surface area contributed by atoms with Gasteiger partial charge in [0.1, 0.15) is 18.3 Å². The first-order valence-corrected chi connectivity index (χ1v) is 13.6. The smallest absolute Gasteiger partial charge is 0.244 e. The fourth-order valence-electron chi connectivity index (χ4n) is 3.51. The van der Waals surface area contributed by atoms with Crippen molar-refractivity contribution in [3.05, 3.63) is 59.1 Å². The number of carbonyl (C=O) groups is 2. The van der Waals surface area contributed by atoms with Gasteiger partial charge < -0.3 is 15.0 Å². The van der Waals surface area contributed by atoms with Crippen LogP contribution >= 0.6 is 11.6 Å². The minimum atomic E-state index is -3.81. The third-order valence-corrected chi connectivity index (χ3v) is 6.73. The number of methoxy groups -OCH3 is 1. The van der Waals surface area contributed by atoms with E-state index in [-0.39, 0.29) is 24.1 Å². The first-order chi connectivity index (χ1) is 16.5. The molecule has 35 heavy (non-hydrogen) atoms. The van der Waals surface area contributed by atoms with E-state index < -0.39 is 28.5 Å². The second-order valence-electron chi connectivity index (χ2n) is 8.68. The standard InChI is InChI=1S/C25H34ClN3O5S/c1-6-23(25(31)27-15-18(2)3)28(16-19-10-12-22(34-4)13-11-19)24(30)17-29(35(5,32)33)21-9-7-8-20(26)14-21/h7-14,18,23H,6,15-17H2,1-5H3,(H,27,31)/t23-/m0/s1. The molecule has 0 aromatic heterocycles. The molecule has 0 bridgehead atoms. The number of nitrogens with zero attached hydrogens (tertiary/aromatic N) is 2. The summed E-state index contributed by atoms with van der Waals surface area (Å²) in [6, 6.07) is 12.7. The highest BCUT2D eigenvalue weighted by molar-refractivity contribution is 7.92. The maximum Gasteiger partial charge on any atom is 0.244 e. The molecule has 8 nitrogen and oxygen atoms in total. The lowest BCUT2D eigenvalue weighted by Gasteiger charge is -2.33. The molecule has 0 aliphatic carbocycles. The summed E-state index contributed by atoms with van der Waals surface area (Å²) in [6.07, 6.45) is 1.39. The zero-order valence-corrected chi connectivity index (χ0v) is 22.4. The van der Waals surface area contributed by atoms with Crippen molar-refractivity contribution in [1.29, 1.82) is 0 Å². The van der Waals surface area contributed by atoms with Crippen LogP contribution in [0.4, 0.5) is 5.69 Å². The number of ether oxygens (including phenoxy) is 1. The van der Waals surface area contributed by atoms with Gasteiger partial charge in [-0.1, -0.05) is 50.6 Å². The lowest BCUT2D eigenvalue weighted by molar-refractivity contribution is -0.140. The van der Waals surface area contributed by atoms with Gasteiger partial charge >= 0.3 is 0 Å². The molecule has 0 aliphatic rings. The van der Waals surface area contributed by atoms with E-state index in [0.717, 1.165) is 16.1 Å². The SMILES string of the molecule is CC[C@@H](C(=O)NCC(C)C)N(Cc1ccc(OC)cc1)C(=O)CN(c1cccc(Cl)c1)S(C)(=O)=O. The van der Waals surface area contributed by atoms with Crippen LogP contribution in [0.15, 0.2) is 48.5 Å². The Morgan fingerprint density at radius 3 is 2.29 bits per heavy atom. The van der Waals surface area contributed by atoms with Gasteiger partial charge in [0.25, 0.3) is 0 Å². The molecule has 1 N–H and O–H groups in total. The fourth-order valence-corrected chi connectivity index (χ4v) is 4.54. The normalized spacial score (nSPS) is 12.2. The van der Waals surface area contributed by atoms with E-state index >= 15 is 0 Å². The van der Waals surface area contributed by atoms with Gasteiger partial charge in [-0.25, -0.2) is 8.42 Å². The van der Waals surface area contributed by atoms with Gasteiger partial charge in [-0.3, -0.25) is 13.9 Å². The Morgan fingerprint density at radius 2 is 1.77 bits per heavy atom. The number of nitrogens with one attached hydrogen (secondary N) is 1. The molecule has 10 heteroatoms. The number of benzene rings is 2. The number of amides is 2. The van der Waals surface area contributed by atoms with E-state index in [1.54, 1.807) is 37.4 Å². The quantitative estimate of drug-likeness (QED) is 0.457. The molecule has 2 aromatic rings. The molecule has 0 fully saturated rings. The largest absolute Gasteiger partial charge is 0.497 e. The molecule has 0 heterocycles. The molecule has 0 saturated carbocycles. The molecule has 2 aromatic carbocycles. The predicted octanol–water partition coefficient (Wildman–Crippen LogP) is 3.69. The van der Waals surface area contributed by atoms with Crippen molar-refractivity contribution in [2.45, 2.75) is 39.8 Å². The summed E-state index contributed by atoms with van der Waals surface area (Å²) in [6.45, 7) is 5.91. The Kier molecular flexibility index (Phi) is 10.4. The highest BCUT2D eigenvalue weighted by atomic mass is 35.5. The van der Waals surface area contributed by atoms with Crippen molar-refractivity contribution in [3.63, 3.8) is 0 Å². The van der Waals surface area contributed by atoms with Crippen LogP contribution in [-0.2, 0) is 26.2 Å². The van der Waals surface area contributed by atoms with Gasteiger partial charge in [-0.15, -0.1) is 0 Å². The molecular formula is C25H34ClN3O5S. The van der Waals surface area contributed by atoms with Gasteiger partial charge in [0.05, 0.1) is 19.1 Å². The van der Waals surface area contributed by atoms with Gasteiger partial charge in [-0.2, -0.15) is 0 Å². The topological polar surface area (TPSA) is 96.0 Å². The maximum atomic E-state index is 13.6. The number of halogens is 1. The number of rotatable bonds is 12. The first-order valence-electron chi connectivity index (χ1n) is 11.4. The minimum absolute atomic E-state index is 0.129. The van der Waals surface area contributed by atoms with Crippen LogP contribution in [-0.4, -0.2) is 57.6 Å². The van der Waals surface area contributed by atoms with Gasteiger partial charge in [-0.05, 0) is 48.2 Å². The summed E-state index contributed by atoms with van der Waals surface area (Å²) in [7, 11) is -2.25. The Labute approximate surface area is 213 Å². The molecular weight excluding hydrogens is 490 g/mol. The molecule has 1 atom stereocenters. The number of hydrogen-bond acceptors (Lipinski definition) is 5. The number of anilines is 1. The van der Waals surface area contributed by atoms with Crippen molar-refractivity contribution in [2.24, 2.45) is 5.92 Å². The summed E-state index contributed by atoms with van der Waals surface area (Å²) in [5, 5.41) is 3.24. The second kappa shape index (κ2) is 12.8. The summed E-state index contributed by atoms with van der Waals surface area (Å²) < 4.78 is 31.4. The lowest BCUT2D eigenvalue weighted by atomic mass is 10.1. The second-order valence-corrected chi connectivity index (χ2v) is 11.0. The molecule has 0 saturated heterocycles. The zero-order valence-electron chi connectivity index (χ0n) is 20.8. The number of hydrogen-bond donors (Lipinski definition) is 1. The van der Waals surface area contributed by atoms with Crippen LogP contribution in [0.5, 0.6) is 5.75 Å². The van der Waals surface area contributed by atoms with E-state index in [1.165, 1.54) is 11.0 Å². The Hall–Kier alpha value is -2.78. The van der Waals surface area contributed by atoms with E-state index in [4.69, 9.17) is 16.3 Å². The molecule has 0 spiro atoms. The summed E-state index contributed by atoms with van der Waals surface area (Å²) in [5.41, 5.74) is 1.05.